The van der Waals surface area contributed by atoms with Crippen LogP contribution in [0, 0.1) is 0 Å². The van der Waals surface area contributed by atoms with Crippen molar-refractivity contribution in [3.63, 3.8) is 0 Å². The zero-order valence-electron chi connectivity index (χ0n) is 26.4. The van der Waals surface area contributed by atoms with E-state index in [0.29, 0.717) is 6.16 Å². The first-order valence-electron chi connectivity index (χ1n) is 14.6. The molecule has 6 heteroatoms. The monoisotopic (exact) mass is 584 g/mol. The third kappa shape index (κ3) is 7.54. The molecule has 216 valence electrons. The zero-order valence-corrected chi connectivity index (χ0v) is 29.3. The van der Waals surface area contributed by atoms with Crippen molar-refractivity contribution >= 4 is 34.4 Å². The molecule has 0 N–H and O–H groups in total. The quantitative estimate of drug-likeness (QED) is 0.167. The molecule has 39 heavy (non-hydrogen) atoms. The Hall–Kier alpha value is -1.24. The summed E-state index contributed by atoms with van der Waals surface area (Å²) in [5.74, 6) is 0. The smallest absolute Gasteiger partial charge is 0.192 e. The largest absolute Gasteiger partial charge is 0.414 e. The minimum absolute atomic E-state index is 0.0530. The third-order valence-electron chi connectivity index (χ3n) is 9.58. The molecule has 0 amide bonds. The van der Waals surface area contributed by atoms with Gasteiger partial charge in [-0.2, -0.15) is 0 Å². The molecule has 2 aromatic carbocycles. The van der Waals surface area contributed by atoms with Gasteiger partial charge in [-0.05, 0) is 61.6 Å². The van der Waals surface area contributed by atoms with Crippen molar-refractivity contribution in [1.29, 1.82) is 0 Å². The highest BCUT2D eigenvalue weighted by molar-refractivity contribution is 7.78. The van der Waals surface area contributed by atoms with Crippen LogP contribution in [0.15, 0.2) is 71.8 Å². The van der Waals surface area contributed by atoms with Crippen LogP contribution >= 0.6 is 7.14 Å². The molecule has 0 radical (unpaired) electrons. The van der Waals surface area contributed by atoms with E-state index in [2.05, 4.69) is 74.7 Å². The first-order chi connectivity index (χ1) is 17.9. The molecular formula is C33H53O3PSi2. The molecule has 0 heterocycles. The summed E-state index contributed by atoms with van der Waals surface area (Å²) < 4.78 is 28.9. The van der Waals surface area contributed by atoms with Crippen LogP contribution in [0.2, 0.25) is 36.3 Å². The lowest BCUT2D eigenvalue weighted by Crippen LogP contribution is -2.49. The Labute approximate surface area is 241 Å². The van der Waals surface area contributed by atoms with Crippen molar-refractivity contribution in [2.24, 2.45) is 0 Å². The van der Waals surface area contributed by atoms with Crippen molar-refractivity contribution in [3.8, 4) is 0 Å². The predicted octanol–water partition coefficient (Wildman–Crippen LogP) is 9.28. The SMILES string of the molecule is CC1=C(CCP(=O)(c2ccccc2)c2ccccc2)CC(O[Si](C)(C)C(C)(C)C)C[C@@H]1O[Si](C)(C)C(C)(C)C. The van der Waals surface area contributed by atoms with Crippen molar-refractivity contribution in [2.75, 3.05) is 6.16 Å². The number of rotatable bonds is 9. The van der Waals surface area contributed by atoms with Gasteiger partial charge in [0.1, 0.15) is 7.14 Å². The Bertz CT molecular complexity index is 1130. The summed E-state index contributed by atoms with van der Waals surface area (Å²) in [6, 6.07) is 20.1. The molecular weight excluding hydrogens is 532 g/mol. The highest BCUT2D eigenvalue weighted by atomic mass is 31.2. The molecule has 0 spiro atoms. The Morgan fingerprint density at radius 3 is 1.64 bits per heavy atom. The van der Waals surface area contributed by atoms with E-state index < -0.39 is 23.8 Å². The summed E-state index contributed by atoms with van der Waals surface area (Å²) in [5.41, 5.74) is 2.71. The van der Waals surface area contributed by atoms with Gasteiger partial charge in [0, 0.05) is 23.2 Å². The van der Waals surface area contributed by atoms with Gasteiger partial charge in [0.05, 0.1) is 12.2 Å². The summed E-state index contributed by atoms with van der Waals surface area (Å²) >= 11 is 0. The molecule has 0 fully saturated rings. The Morgan fingerprint density at radius 1 is 0.769 bits per heavy atom. The normalized spacial score (nSPS) is 19.9. The Balaban J connectivity index is 1.98. The number of hydrogen-bond acceptors (Lipinski definition) is 3. The minimum atomic E-state index is -2.79. The minimum Gasteiger partial charge on any atom is -0.414 e. The summed E-state index contributed by atoms with van der Waals surface area (Å²) in [5, 5.41) is 2.16. The van der Waals surface area contributed by atoms with Gasteiger partial charge in [0.2, 0.25) is 0 Å². The zero-order chi connectivity index (χ0) is 29.3. The summed E-state index contributed by atoms with van der Waals surface area (Å²) in [6.45, 7) is 25.5. The van der Waals surface area contributed by atoms with Gasteiger partial charge in [0.15, 0.2) is 16.6 Å². The van der Waals surface area contributed by atoms with Crippen LogP contribution in [0.1, 0.15) is 67.7 Å². The highest BCUT2D eigenvalue weighted by Crippen LogP contribution is 2.47. The van der Waals surface area contributed by atoms with Crippen molar-refractivity contribution in [3.05, 3.63) is 71.8 Å². The second kappa shape index (κ2) is 11.9. The summed E-state index contributed by atoms with van der Waals surface area (Å²) in [7, 11) is -6.73. The van der Waals surface area contributed by atoms with E-state index in [1.54, 1.807) is 0 Å². The molecule has 1 aliphatic carbocycles. The van der Waals surface area contributed by atoms with Crippen LogP contribution in [0.5, 0.6) is 0 Å². The van der Waals surface area contributed by atoms with Gasteiger partial charge in [-0.3, -0.25) is 0 Å². The van der Waals surface area contributed by atoms with E-state index >= 15 is 0 Å². The molecule has 1 aliphatic rings. The van der Waals surface area contributed by atoms with Gasteiger partial charge in [-0.25, -0.2) is 0 Å². The first kappa shape index (κ1) is 32.3. The summed E-state index contributed by atoms with van der Waals surface area (Å²) in [4.78, 5) is 0. The van der Waals surface area contributed by atoms with E-state index in [1.165, 1.54) is 11.1 Å². The van der Waals surface area contributed by atoms with Gasteiger partial charge in [-0.15, -0.1) is 0 Å². The van der Waals surface area contributed by atoms with E-state index in [-0.39, 0.29) is 22.3 Å². The molecule has 0 saturated carbocycles. The lowest BCUT2D eigenvalue weighted by Gasteiger charge is -2.45. The van der Waals surface area contributed by atoms with Crippen molar-refractivity contribution in [1.82, 2.24) is 0 Å². The lowest BCUT2D eigenvalue weighted by atomic mass is 9.87. The van der Waals surface area contributed by atoms with Crippen LogP contribution in [0.3, 0.4) is 0 Å². The fourth-order valence-corrected chi connectivity index (χ4v) is 10.3. The van der Waals surface area contributed by atoms with E-state index in [0.717, 1.165) is 29.9 Å². The van der Waals surface area contributed by atoms with Gasteiger partial charge in [-0.1, -0.05) is 108 Å². The Morgan fingerprint density at radius 2 is 1.21 bits per heavy atom. The molecule has 2 aromatic rings. The van der Waals surface area contributed by atoms with Crippen molar-refractivity contribution < 1.29 is 13.4 Å². The molecule has 3 rings (SSSR count). The first-order valence-corrected chi connectivity index (χ1v) is 22.3. The number of benzene rings is 2. The third-order valence-corrected chi connectivity index (χ3v) is 21.7. The van der Waals surface area contributed by atoms with E-state index in [4.69, 9.17) is 8.85 Å². The van der Waals surface area contributed by atoms with Crippen LogP contribution in [0.25, 0.3) is 0 Å². The summed E-state index contributed by atoms with van der Waals surface area (Å²) in [6.07, 6.45) is 3.40. The molecule has 3 nitrogen and oxygen atoms in total. The molecule has 0 bridgehead atoms. The maximum absolute atomic E-state index is 14.8. The number of hydrogen-bond donors (Lipinski definition) is 0. The van der Waals surface area contributed by atoms with Crippen LogP contribution in [0.4, 0.5) is 0 Å². The Kier molecular flexibility index (Phi) is 9.88. The fraction of sp³-hybridized carbons (Fsp3) is 0.576. The molecule has 1 unspecified atom stereocenters. The van der Waals surface area contributed by atoms with Crippen LogP contribution in [-0.4, -0.2) is 35.0 Å². The molecule has 0 aliphatic heterocycles. The van der Waals surface area contributed by atoms with Gasteiger partial charge >= 0.3 is 0 Å². The highest BCUT2D eigenvalue weighted by Gasteiger charge is 2.44. The standard InChI is InChI=1S/C33H53O3PSi2/c1-26-27(22-23-37(34,29-18-14-12-15-19-29)30-20-16-13-17-21-30)24-28(35-38(8,9)32(2,3)4)25-31(26)36-39(10,11)33(5,6)7/h12-21,28,31H,22-25H2,1-11H3/t28?,31-/m0/s1. The maximum Gasteiger partial charge on any atom is 0.192 e. The average Bonchev–Trinajstić information content (AvgIpc) is 2.84. The van der Waals surface area contributed by atoms with Crippen molar-refractivity contribution in [2.45, 2.75) is 116 Å². The maximum atomic E-state index is 14.8. The average molecular weight is 585 g/mol. The van der Waals surface area contributed by atoms with E-state index in [1.807, 2.05) is 60.7 Å². The van der Waals surface area contributed by atoms with Gasteiger partial charge < -0.3 is 13.4 Å². The molecule has 2 atom stereocenters. The molecule has 0 aromatic heterocycles. The van der Waals surface area contributed by atoms with Crippen LogP contribution in [-0.2, 0) is 13.4 Å². The topological polar surface area (TPSA) is 35.5 Å². The fourth-order valence-electron chi connectivity index (χ4n) is 4.85. The molecule has 0 saturated heterocycles. The lowest BCUT2D eigenvalue weighted by molar-refractivity contribution is 0.0966. The predicted molar refractivity (Wildman–Crippen MR) is 175 cm³/mol. The van der Waals surface area contributed by atoms with E-state index in [9.17, 15) is 4.57 Å². The second-order valence-corrected chi connectivity index (χ2v) is 26.9. The van der Waals surface area contributed by atoms with Gasteiger partial charge in [0.25, 0.3) is 0 Å². The van der Waals surface area contributed by atoms with Crippen LogP contribution < -0.4 is 10.6 Å². The second-order valence-electron chi connectivity index (χ2n) is 14.5.